The molecule has 0 aliphatic carbocycles. The van der Waals surface area contributed by atoms with Crippen LogP contribution in [0.15, 0.2) is 36.4 Å². The van der Waals surface area contributed by atoms with Crippen molar-refractivity contribution in [1.29, 1.82) is 0 Å². The topological polar surface area (TPSA) is 50.8 Å². The van der Waals surface area contributed by atoms with Gasteiger partial charge in [-0.2, -0.15) is 0 Å². The van der Waals surface area contributed by atoms with Crippen LogP contribution in [0.5, 0.6) is 11.5 Å². The van der Waals surface area contributed by atoms with Gasteiger partial charge in [0.25, 0.3) is 0 Å². The van der Waals surface area contributed by atoms with Crippen LogP contribution in [0.3, 0.4) is 0 Å². The molecule has 6 heteroatoms. The molecule has 5 nitrogen and oxygen atoms in total. The van der Waals surface area contributed by atoms with Crippen molar-refractivity contribution in [3.8, 4) is 11.5 Å². The fraction of sp³-hybridized carbons (Fsp3) is 0.409. The average molecular weight is 384 g/mol. The van der Waals surface area contributed by atoms with E-state index in [9.17, 15) is 9.18 Å². The van der Waals surface area contributed by atoms with E-state index in [1.165, 1.54) is 13.2 Å². The number of hydrogen-bond donors (Lipinski definition) is 1. The lowest BCUT2D eigenvalue weighted by Gasteiger charge is -2.38. The number of carbonyl (C=O) groups excluding carboxylic acids is 1. The van der Waals surface area contributed by atoms with Crippen molar-refractivity contribution in [2.45, 2.75) is 38.5 Å². The normalized spacial score (nSPS) is 24.5. The molecule has 28 heavy (non-hydrogen) atoms. The van der Waals surface area contributed by atoms with E-state index >= 15 is 0 Å². The number of halogens is 1. The van der Waals surface area contributed by atoms with Gasteiger partial charge in [-0.3, -0.25) is 4.79 Å². The van der Waals surface area contributed by atoms with Crippen molar-refractivity contribution in [3.63, 3.8) is 0 Å². The van der Waals surface area contributed by atoms with Crippen LogP contribution in [0, 0.1) is 5.82 Å². The van der Waals surface area contributed by atoms with Crippen LogP contribution >= 0.6 is 0 Å². The van der Waals surface area contributed by atoms with Gasteiger partial charge >= 0.3 is 0 Å². The monoisotopic (exact) mass is 384 g/mol. The largest absolute Gasteiger partial charge is 0.494 e. The number of anilines is 1. The molecular formula is C22H25FN2O3. The first-order valence-electron chi connectivity index (χ1n) is 9.63. The van der Waals surface area contributed by atoms with E-state index in [2.05, 4.69) is 24.1 Å². The lowest BCUT2D eigenvalue weighted by molar-refractivity contribution is 0.0849. The Hall–Kier alpha value is -2.60. The summed E-state index contributed by atoms with van der Waals surface area (Å²) in [5.41, 5.74) is 2.26. The quantitative estimate of drug-likeness (QED) is 0.874. The maximum Gasteiger partial charge on any atom is 0.170 e. The third-order valence-corrected chi connectivity index (χ3v) is 5.37. The molecule has 2 aliphatic rings. The number of nitrogens with zero attached hydrogens (tertiary/aromatic N) is 1. The molecule has 2 aromatic rings. The first-order valence-corrected chi connectivity index (χ1v) is 9.63. The Balaban J connectivity index is 1.58. The Morgan fingerprint density at radius 2 is 1.89 bits per heavy atom. The second-order valence-electron chi connectivity index (χ2n) is 7.68. The molecule has 0 radical (unpaired) electrons. The van der Waals surface area contributed by atoms with Crippen molar-refractivity contribution in [1.82, 2.24) is 5.32 Å². The first kappa shape index (κ1) is 18.7. The Kier molecular flexibility index (Phi) is 4.98. The molecule has 1 N–H and O–H groups in total. The van der Waals surface area contributed by atoms with Crippen LogP contribution < -0.4 is 19.7 Å². The van der Waals surface area contributed by atoms with Gasteiger partial charge < -0.3 is 19.7 Å². The van der Waals surface area contributed by atoms with Gasteiger partial charge in [-0.25, -0.2) is 4.39 Å². The second kappa shape index (κ2) is 7.43. The van der Waals surface area contributed by atoms with Crippen molar-refractivity contribution in [3.05, 3.63) is 53.3 Å². The predicted octanol–water partition coefficient (Wildman–Crippen LogP) is 3.73. The van der Waals surface area contributed by atoms with Gasteiger partial charge in [0.15, 0.2) is 17.3 Å². The lowest BCUT2D eigenvalue weighted by Crippen LogP contribution is -2.54. The molecule has 0 saturated carbocycles. The highest BCUT2D eigenvalue weighted by molar-refractivity contribution is 6.01. The van der Waals surface area contributed by atoms with Gasteiger partial charge in [0.1, 0.15) is 11.9 Å². The smallest absolute Gasteiger partial charge is 0.170 e. The Bertz CT molecular complexity index is 891. The second-order valence-corrected chi connectivity index (χ2v) is 7.68. The van der Waals surface area contributed by atoms with Gasteiger partial charge in [-0.15, -0.1) is 0 Å². The number of piperazine rings is 1. The third kappa shape index (κ3) is 3.56. The van der Waals surface area contributed by atoms with E-state index in [1.807, 2.05) is 18.2 Å². The summed E-state index contributed by atoms with van der Waals surface area (Å²) in [6, 6.07) is 11.2. The molecule has 148 valence electrons. The van der Waals surface area contributed by atoms with Crippen LogP contribution in [0.25, 0.3) is 0 Å². The predicted molar refractivity (Wildman–Crippen MR) is 106 cm³/mol. The molecule has 1 fully saturated rings. The van der Waals surface area contributed by atoms with Gasteiger partial charge in [-0.1, -0.05) is 6.07 Å². The van der Waals surface area contributed by atoms with Crippen molar-refractivity contribution < 1.29 is 18.7 Å². The number of ether oxygens (including phenoxy) is 2. The fourth-order valence-electron chi connectivity index (χ4n) is 4.12. The number of rotatable bonds is 3. The standard InChI is InChI=1S/C22H25FN2O3/c1-13-11-25(12-14(2)24-13)16-5-7-20-17(9-16)19(26)10-22(28-20)15-4-6-21(27-3)18(23)8-15/h4-9,13-14,22,24H,10-12H2,1-3H3/t13-,14+,22?. The number of ketones is 1. The summed E-state index contributed by atoms with van der Waals surface area (Å²) in [7, 11) is 1.42. The minimum absolute atomic E-state index is 0.0144. The van der Waals surface area contributed by atoms with Gasteiger partial charge in [0, 0.05) is 30.9 Å². The summed E-state index contributed by atoms with van der Waals surface area (Å²) in [4.78, 5) is 15.1. The fourth-order valence-corrected chi connectivity index (χ4v) is 4.12. The molecule has 2 aliphatic heterocycles. The molecule has 3 atom stereocenters. The van der Waals surface area contributed by atoms with E-state index in [0.717, 1.165) is 18.8 Å². The zero-order chi connectivity index (χ0) is 19.8. The maximum absolute atomic E-state index is 14.0. The molecule has 0 aromatic heterocycles. The van der Waals surface area contributed by atoms with E-state index in [1.54, 1.807) is 12.1 Å². The summed E-state index contributed by atoms with van der Waals surface area (Å²) in [5, 5.41) is 3.51. The van der Waals surface area contributed by atoms with E-state index < -0.39 is 11.9 Å². The number of Topliss-reactive ketones (excluding diaryl/α,β-unsaturated/α-hetero) is 1. The highest BCUT2D eigenvalue weighted by atomic mass is 19.1. The molecule has 2 heterocycles. The van der Waals surface area contributed by atoms with Crippen LogP contribution in [-0.4, -0.2) is 38.1 Å². The van der Waals surface area contributed by atoms with Gasteiger partial charge in [-0.05, 0) is 49.7 Å². The van der Waals surface area contributed by atoms with E-state index in [0.29, 0.717) is 29.0 Å². The summed E-state index contributed by atoms with van der Waals surface area (Å²) >= 11 is 0. The number of carbonyl (C=O) groups is 1. The molecule has 2 aromatic carbocycles. The Morgan fingerprint density at radius 3 is 2.57 bits per heavy atom. The highest BCUT2D eigenvalue weighted by Crippen LogP contribution is 2.38. The molecule has 1 saturated heterocycles. The number of nitrogens with one attached hydrogen (secondary N) is 1. The summed E-state index contributed by atoms with van der Waals surface area (Å²) in [6.07, 6.45) is -0.304. The Labute approximate surface area is 164 Å². The lowest BCUT2D eigenvalue weighted by atomic mass is 9.95. The zero-order valence-electron chi connectivity index (χ0n) is 16.4. The third-order valence-electron chi connectivity index (χ3n) is 5.37. The van der Waals surface area contributed by atoms with Gasteiger partial charge in [0.05, 0.1) is 19.1 Å². The molecular weight excluding hydrogens is 359 g/mol. The Morgan fingerprint density at radius 1 is 1.14 bits per heavy atom. The molecule has 4 rings (SSSR count). The SMILES string of the molecule is COc1ccc(C2CC(=O)c3cc(N4C[C@@H](C)N[C@@H](C)C4)ccc3O2)cc1F. The van der Waals surface area contributed by atoms with Crippen molar-refractivity contribution in [2.75, 3.05) is 25.1 Å². The number of hydrogen-bond acceptors (Lipinski definition) is 5. The zero-order valence-corrected chi connectivity index (χ0v) is 16.4. The molecule has 1 unspecified atom stereocenters. The van der Waals surface area contributed by atoms with Crippen LogP contribution in [0.4, 0.5) is 10.1 Å². The van der Waals surface area contributed by atoms with Crippen LogP contribution in [0.1, 0.15) is 42.3 Å². The van der Waals surface area contributed by atoms with E-state index in [-0.39, 0.29) is 18.0 Å². The van der Waals surface area contributed by atoms with Gasteiger partial charge in [0.2, 0.25) is 0 Å². The van der Waals surface area contributed by atoms with Crippen LogP contribution in [-0.2, 0) is 0 Å². The summed E-state index contributed by atoms with van der Waals surface area (Å²) < 4.78 is 25.0. The number of fused-ring (bicyclic) bond motifs is 1. The molecule has 0 amide bonds. The first-order chi connectivity index (χ1) is 13.4. The minimum atomic E-state index is -0.495. The minimum Gasteiger partial charge on any atom is -0.494 e. The van der Waals surface area contributed by atoms with E-state index in [4.69, 9.17) is 9.47 Å². The maximum atomic E-state index is 14.0. The van der Waals surface area contributed by atoms with Crippen molar-refractivity contribution >= 4 is 11.5 Å². The molecule has 0 bridgehead atoms. The number of benzene rings is 2. The number of methoxy groups -OCH3 is 1. The van der Waals surface area contributed by atoms with Crippen molar-refractivity contribution in [2.24, 2.45) is 0 Å². The molecule has 0 spiro atoms. The summed E-state index contributed by atoms with van der Waals surface area (Å²) in [6.45, 7) is 6.11. The highest BCUT2D eigenvalue weighted by Gasteiger charge is 2.30. The summed E-state index contributed by atoms with van der Waals surface area (Å²) in [5.74, 6) is 0.285. The van der Waals surface area contributed by atoms with Crippen LogP contribution in [0.2, 0.25) is 0 Å². The average Bonchev–Trinajstić information content (AvgIpc) is 2.67.